The van der Waals surface area contributed by atoms with Crippen molar-refractivity contribution in [2.45, 2.75) is 26.7 Å². The molecule has 0 unspecified atom stereocenters. The molecule has 0 bridgehead atoms. The number of pyridine rings is 1. The van der Waals surface area contributed by atoms with E-state index in [1.165, 1.54) is 0 Å². The minimum absolute atomic E-state index is 0.0175. The molecule has 0 radical (unpaired) electrons. The summed E-state index contributed by atoms with van der Waals surface area (Å²) in [4.78, 5) is 15.7. The minimum Gasteiger partial charge on any atom is -0.510 e. The second-order valence-electron chi connectivity index (χ2n) is 5.15. The fraction of sp³-hybridized carbons (Fsp3) is 0.385. The van der Waals surface area contributed by atoms with Crippen molar-refractivity contribution in [3.8, 4) is 0 Å². The number of allylic oxidation sites excluding steroid dienone is 2. The van der Waals surface area contributed by atoms with E-state index in [0.717, 1.165) is 0 Å². The molecule has 1 aromatic rings. The van der Waals surface area contributed by atoms with Gasteiger partial charge in [0.1, 0.15) is 11.4 Å². The third-order valence-electron chi connectivity index (χ3n) is 2.73. The van der Waals surface area contributed by atoms with Crippen LogP contribution in [0.3, 0.4) is 0 Å². The van der Waals surface area contributed by atoms with Crippen molar-refractivity contribution in [1.82, 2.24) is 4.98 Å². The summed E-state index contributed by atoms with van der Waals surface area (Å²) in [6.45, 7) is 3.88. The largest absolute Gasteiger partial charge is 0.510 e. The van der Waals surface area contributed by atoms with Crippen LogP contribution in [0.15, 0.2) is 46.2 Å². The van der Waals surface area contributed by atoms with Crippen LogP contribution >= 0.6 is 0 Å². The van der Waals surface area contributed by atoms with E-state index in [2.05, 4.69) is 15.2 Å². The number of Topliss-reactive ketones (excluding diaryl/α,β-unsaturated/α-hetero) is 1. The van der Waals surface area contributed by atoms with Crippen molar-refractivity contribution in [3.05, 3.63) is 36.0 Å². The summed E-state index contributed by atoms with van der Waals surface area (Å²) < 4.78 is 0. The number of carbonyl (C=O) groups excluding carboxylic acids is 1. The maximum Gasteiger partial charge on any atom is 0.187 e. The summed E-state index contributed by atoms with van der Waals surface area (Å²) in [7, 11) is 0. The normalized spacial score (nSPS) is 19.6. The standard InChI is InChI=1S/C13H15N3O2/c1-13(2)6-10(17)12(11(18)7-13)16-15-9-4-3-5-14-8-9/h3-5,8,17H,6-7H2,1-2H3. The highest BCUT2D eigenvalue weighted by Gasteiger charge is 2.33. The lowest BCUT2D eigenvalue weighted by Gasteiger charge is -2.27. The Balaban J connectivity index is 2.24. The Morgan fingerprint density at radius 3 is 2.72 bits per heavy atom. The van der Waals surface area contributed by atoms with Crippen molar-refractivity contribution >= 4 is 11.5 Å². The monoisotopic (exact) mass is 245 g/mol. The summed E-state index contributed by atoms with van der Waals surface area (Å²) in [5.74, 6) is -0.153. The summed E-state index contributed by atoms with van der Waals surface area (Å²) in [6, 6.07) is 3.46. The molecule has 1 aromatic heterocycles. The fourth-order valence-corrected chi connectivity index (χ4v) is 1.91. The number of aliphatic hydroxyl groups excluding tert-OH is 1. The molecule has 1 aliphatic carbocycles. The first-order valence-corrected chi connectivity index (χ1v) is 5.75. The second kappa shape index (κ2) is 4.68. The van der Waals surface area contributed by atoms with Crippen LogP contribution in [0.25, 0.3) is 0 Å². The molecule has 0 saturated heterocycles. The molecule has 5 heteroatoms. The van der Waals surface area contributed by atoms with E-state index in [0.29, 0.717) is 18.5 Å². The van der Waals surface area contributed by atoms with E-state index in [-0.39, 0.29) is 22.7 Å². The number of rotatable bonds is 2. The van der Waals surface area contributed by atoms with Crippen molar-refractivity contribution < 1.29 is 9.90 Å². The molecular formula is C13H15N3O2. The topological polar surface area (TPSA) is 74.9 Å². The minimum atomic E-state index is -0.214. The average molecular weight is 245 g/mol. The second-order valence-corrected chi connectivity index (χ2v) is 5.15. The van der Waals surface area contributed by atoms with E-state index >= 15 is 0 Å². The summed E-state index contributed by atoms with van der Waals surface area (Å²) >= 11 is 0. The first kappa shape index (κ1) is 12.4. The van der Waals surface area contributed by atoms with Gasteiger partial charge in [-0.25, -0.2) is 0 Å². The zero-order valence-electron chi connectivity index (χ0n) is 10.4. The van der Waals surface area contributed by atoms with Gasteiger partial charge in [0.25, 0.3) is 0 Å². The molecule has 0 spiro atoms. The van der Waals surface area contributed by atoms with Crippen LogP contribution in [0.5, 0.6) is 0 Å². The van der Waals surface area contributed by atoms with Gasteiger partial charge in [-0.3, -0.25) is 9.78 Å². The predicted octanol–water partition coefficient (Wildman–Crippen LogP) is 3.32. The first-order valence-electron chi connectivity index (χ1n) is 5.75. The number of nitrogens with zero attached hydrogens (tertiary/aromatic N) is 3. The third-order valence-corrected chi connectivity index (χ3v) is 2.73. The lowest BCUT2D eigenvalue weighted by Crippen LogP contribution is -2.25. The van der Waals surface area contributed by atoms with Crippen molar-refractivity contribution in [1.29, 1.82) is 0 Å². The quantitative estimate of drug-likeness (QED) is 0.812. The Labute approximate surface area is 105 Å². The average Bonchev–Trinajstić information content (AvgIpc) is 2.27. The third kappa shape index (κ3) is 2.80. The molecule has 0 aliphatic heterocycles. The van der Waals surface area contributed by atoms with Gasteiger partial charge in [0, 0.05) is 19.0 Å². The molecule has 0 aromatic carbocycles. The molecular weight excluding hydrogens is 230 g/mol. The highest BCUT2D eigenvalue weighted by Crippen LogP contribution is 2.36. The highest BCUT2D eigenvalue weighted by atomic mass is 16.3. The number of aliphatic hydroxyl groups is 1. The predicted molar refractivity (Wildman–Crippen MR) is 66.4 cm³/mol. The lowest BCUT2D eigenvalue weighted by atomic mass is 9.78. The number of ketones is 1. The molecule has 1 N–H and O–H groups in total. The smallest absolute Gasteiger partial charge is 0.187 e. The van der Waals surface area contributed by atoms with Crippen LogP contribution in [-0.2, 0) is 4.79 Å². The van der Waals surface area contributed by atoms with E-state index in [4.69, 9.17) is 0 Å². The summed E-state index contributed by atoms with van der Waals surface area (Å²) in [6.07, 6.45) is 3.99. The van der Waals surface area contributed by atoms with Gasteiger partial charge in [-0.2, -0.15) is 0 Å². The molecule has 94 valence electrons. The Kier molecular flexibility index (Phi) is 3.23. The first-order chi connectivity index (χ1) is 8.48. The molecule has 2 rings (SSSR count). The summed E-state index contributed by atoms with van der Waals surface area (Å²) in [5.41, 5.74) is 0.405. The molecule has 1 heterocycles. The van der Waals surface area contributed by atoms with Crippen LogP contribution in [0.1, 0.15) is 26.7 Å². The van der Waals surface area contributed by atoms with Gasteiger partial charge in [0.2, 0.25) is 0 Å². The van der Waals surface area contributed by atoms with E-state index < -0.39 is 0 Å². The Morgan fingerprint density at radius 1 is 1.33 bits per heavy atom. The molecule has 0 amide bonds. The number of carbonyl (C=O) groups is 1. The van der Waals surface area contributed by atoms with Crippen molar-refractivity contribution in [2.75, 3.05) is 0 Å². The van der Waals surface area contributed by atoms with Gasteiger partial charge < -0.3 is 5.11 Å². The van der Waals surface area contributed by atoms with Crippen LogP contribution in [0.4, 0.5) is 5.69 Å². The lowest BCUT2D eigenvalue weighted by molar-refractivity contribution is -0.118. The SMILES string of the molecule is CC1(C)CC(=O)C(N=Nc2cccnc2)=C(O)C1. The number of aromatic nitrogens is 1. The van der Waals surface area contributed by atoms with Gasteiger partial charge in [-0.05, 0) is 17.5 Å². The van der Waals surface area contributed by atoms with Crippen molar-refractivity contribution in [3.63, 3.8) is 0 Å². The number of azo groups is 1. The van der Waals surface area contributed by atoms with Gasteiger partial charge in [0.15, 0.2) is 11.5 Å². The highest BCUT2D eigenvalue weighted by molar-refractivity contribution is 5.96. The number of hydrogen-bond acceptors (Lipinski definition) is 5. The molecule has 0 atom stereocenters. The van der Waals surface area contributed by atoms with Crippen LogP contribution in [0.2, 0.25) is 0 Å². The van der Waals surface area contributed by atoms with Crippen molar-refractivity contribution in [2.24, 2.45) is 15.6 Å². The Morgan fingerprint density at radius 2 is 2.11 bits per heavy atom. The van der Waals surface area contributed by atoms with Gasteiger partial charge >= 0.3 is 0 Å². The molecule has 5 nitrogen and oxygen atoms in total. The molecule has 18 heavy (non-hydrogen) atoms. The summed E-state index contributed by atoms with van der Waals surface area (Å²) in [5, 5.41) is 17.6. The van der Waals surface area contributed by atoms with Gasteiger partial charge in [-0.15, -0.1) is 10.2 Å². The van der Waals surface area contributed by atoms with Gasteiger partial charge in [0.05, 0.1) is 6.20 Å². The zero-order chi connectivity index (χ0) is 13.2. The maximum atomic E-state index is 11.9. The zero-order valence-corrected chi connectivity index (χ0v) is 10.4. The molecule has 0 fully saturated rings. The van der Waals surface area contributed by atoms with Crippen LogP contribution in [-0.4, -0.2) is 15.9 Å². The van der Waals surface area contributed by atoms with E-state index in [1.54, 1.807) is 24.5 Å². The maximum absolute atomic E-state index is 11.9. The Hall–Kier alpha value is -2.04. The fourth-order valence-electron chi connectivity index (χ4n) is 1.91. The molecule has 1 aliphatic rings. The Bertz CT molecular complexity index is 518. The van der Waals surface area contributed by atoms with E-state index in [1.807, 2.05) is 13.8 Å². The molecule has 0 saturated carbocycles. The van der Waals surface area contributed by atoms with E-state index in [9.17, 15) is 9.90 Å². The van der Waals surface area contributed by atoms with Crippen LogP contribution in [0, 0.1) is 5.41 Å². The van der Waals surface area contributed by atoms with Crippen LogP contribution < -0.4 is 0 Å². The van der Waals surface area contributed by atoms with Gasteiger partial charge in [-0.1, -0.05) is 13.8 Å². The number of hydrogen-bond donors (Lipinski definition) is 1.